The fourth-order valence-corrected chi connectivity index (χ4v) is 2.44. The van der Waals surface area contributed by atoms with Gasteiger partial charge < -0.3 is 10.1 Å². The molecule has 0 amide bonds. The van der Waals surface area contributed by atoms with Gasteiger partial charge in [0, 0.05) is 0 Å². The molecule has 1 saturated heterocycles. The van der Waals surface area contributed by atoms with Crippen LogP contribution in [0.25, 0.3) is 0 Å². The van der Waals surface area contributed by atoms with Gasteiger partial charge in [-0.15, -0.1) is 0 Å². The van der Waals surface area contributed by atoms with Crippen LogP contribution < -0.4 is 10.1 Å². The normalized spacial score (nSPS) is 17.4. The summed E-state index contributed by atoms with van der Waals surface area (Å²) in [6.45, 7) is 1.87. The van der Waals surface area contributed by atoms with Crippen LogP contribution >= 0.6 is 0 Å². The van der Waals surface area contributed by atoms with Gasteiger partial charge in [0.05, 0.1) is 12.7 Å². The van der Waals surface area contributed by atoms with E-state index in [1.165, 1.54) is 13.2 Å². The smallest absolute Gasteiger partial charge is 0.267 e. The maximum absolute atomic E-state index is 12.9. The summed E-state index contributed by atoms with van der Waals surface area (Å²) in [7, 11) is 1.46. The van der Waals surface area contributed by atoms with E-state index in [0.717, 1.165) is 31.5 Å². The largest absolute Gasteiger partial charge is 0.496 e. The van der Waals surface area contributed by atoms with Crippen molar-refractivity contribution in [3.05, 3.63) is 29.3 Å². The number of alkyl halides is 2. The highest BCUT2D eigenvalue weighted by molar-refractivity contribution is 5.44. The molecule has 1 N–H and O–H groups in total. The fourth-order valence-electron chi connectivity index (χ4n) is 2.44. The predicted octanol–water partition coefficient (Wildman–Crippen LogP) is 3.10. The molecule has 0 aliphatic carbocycles. The Kier molecular flexibility index (Phi) is 3.94. The minimum Gasteiger partial charge on any atom is -0.496 e. The third-order valence-corrected chi connectivity index (χ3v) is 3.29. The van der Waals surface area contributed by atoms with Gasteiger partial charge in [0.25, 0.3) is 6.43 Å². The third-order valence-electron chi connectivity index (χ3n) is 3.29. The van der Waals surface area contributed by atoms with Crippen molar-refractivity contribution in [2.24, 2.45) is 0 Å². The monoisotopic (exact) mass is 241 g/mol. The van der Waals surface area contributed by atoms with Crippen molar-refractivity contribution in [1.82, 2.24) is 5.32 Å². The molecule has 0 saturated carbocycles. The van der Waals surface area contributed by atoms with E-state index in [1.807, 2.05) is 6.07 Å². The van der Waals surface area contributed by atoms with Crippen LogP contribution in [0.3, 0.4) is 0 Å². The van der Waals surface area contributed by atoms with Crippen LogP contribution in [-0.2, 0) is 0 Å². The number of nitrogens with one attached hydrogen (secondary N) is 1. The van der Waals surface area contributed by atoms with E-state index >= 15 is 0 Å². The molecule has 1 aromatic carbocycles. The molecule has 0 unspecified atom stereocenters. The second-order valence-electron chi connectivity index (χ2n) is 4.29. The van der Waals surface area contributed by atoms with Crippen LogP contribution in [0, 0.1) is 0 Å². The maximum Gasteiger partial charge on any atom is 0.267 e. The molecule has 2 nitrogen and oxygen atoms in total. The molecular formula is C13H17F2NO. The highest BCUT2D eigenvalue weighted by Gasteiger charge is 2.23. The predicted molar refractivity (Wildman–Crippen MR) is 62.8 cm³/mol. The van der Waals surface area contributed by atoms with Crippen LogP contribution in [0.5, 0.6) is 5.75 Å². The molecule has 0 aromatic heterocycles. The first-order valence-electron chi connectivity index (χ1n) is 5.89. The Morgan fingerprint density at radius 1 is 1.29 bits per heavy atom. The molecule has 1 aromatic rings. The first-order valence-corrected chi connectivity index (χ1v) is 5.89. The zero-order chi connectivity index (χ0) is 12.3. The van der Waals surface area contributed by atoms with Gasteiger partial charge in [0.2, 0.25) is 0 Å². The SMILES string of the molecule is COc1c(C(F)F)cccc1C1CCNCC1. The number of hydrogen-bond acceptors (Lipinski definition) is 2. The fraction of sp³-hybridized carbons (Fsp3) is 0.538. The summed E-state index contributed by atoms with van der Waals surface area (Å²) in [4.78, 5) is 0. The Morgan fingerprint density at radius 2 is 2.00 bits per heavy atom. The number of methoxy groups -OCH3 is 1. The molecule has 1 fully saturated rings. The highest BCUT2D eigenvalue weighted by Crippen LogP contribution is 2.38. The molecule has 0 radical (unpaired) electrons. The molecule has 0 spiro atoms. The van der Waals surface area contributed by atoms with Crippen molar-refractivity contribution >= 4 is 0 Å². The number of ether oxygens (including phenoxy) is 1. The van der Waals surface area contributed by atoms with E-state index in [1.54, 1.807) is 6.07 Å². The number of piperidine rings is 1. The molecule has 1 heterocycles. The van der Waals surface area contributed by atoms with Gasteiger partial charge >= 0.3 is 0 Å². The molecule has 0 bridgehead atoms. The topological polar surface area (TPSA) is 21.3 Å². The molecule has 0 atom stereocenters. The van der Waals surface area contributed by atoms with E-state index in [9.17, 15) is 8.78 Å². The summed E-state index contributed by atoms with van der Waals surface area (Å²) in [5, 5.41) is 3.27. The summed E-state index contributed by atoms with van der Waals surface area (Å²) in [5.41, 5.74) is 0.926. The van der Waals surface area contributed by atoms with E-state index in [-0.39, 0.29) is 5.56 Å². The minimum atomic E-state index is -2.48. The molecule has 17 heavy (non-hydrogen) atoms. The zero-order valence-corrected chi connectivity index (χ0v) is 9.88. The first kappa shape index (κ1) is 12.3. The van der Waals surface area contributed by atoms with Crippen molar-refractivity contribution in [3.63, 3.8) is 0 Å². The minimum absolute atomic E-state index is 0.00327. The quantitative estimate of drug-likeness (QED) is 0.878. The number of para-hydroxylation sites is 1. The average molecular weight is 241 g/mol. The Hall–Kier alpha value is -1.16. The Balaban J connectivity index is 2.35. The summed E-state index contributed by atoms with van der Waals surface area (Å²) >= 11 is 0. The van der Waals surface area contributed by atoms with Crippen LogP contribution in [0.15, 0.2) is 18.2 Å². The van der Waals surface area contributed by atoms with Gasteiger partial charge in [0.15, 0.2) is 0 Å². The van der Waals surface area contributed by atoms with Gasteiger partial charge in [-0.2, -0.15) is 0 Å². The lowest BCUT2D eigenvalue weighted by molar-refractivity contribution is 0.146. The second-order valence-corrected chi connectivity index (χ2v) is 4.29. The van der Waals surface area contributed by atoms with Crippen molar-refractivity contribution in [1.29, 1.82) is 0 Å². The second kappa shape index (κ2) is 5.45. The lowest BCUT2D eigenvalue weighted by atomic mass is 9.88. The van der Waals surface area contributed by atoms with Gasteiger partial charge in [-0.05, 0) is 43.5 Å². The molecule has 1 aliphatic heterocycles. The molecule has 2 rings (SSSR count). The van der Waals surface area contributed by atoms with E-state index < -0.39 is 6.43 Å². The Labute approximate surface area is 100.0 Å². The summed E-state index contributed by atoms with van der Waals surface area (Å²) < 4.78 is 30.9. The number of rotatable bonds is 3. The first-order chi connectivity index (χ1) is 8.24. The van der Waals surface area contributed by atoms with Gasteiger partial charge in [0.1, 0.15) is 5.75 Å². The van der Waals surface area contributed by atoms with Crippen LogP contribution in [0.4, 0.5) is 8.78 Å². The number of benzene rings is 1. The number of hydrogen-bond donors (Lipinski definition) is 1. The summed E-state index contributed by atoms with van der Waals surface area (Å²) in [5.74, 6) is 0.694. The zero-order valence-electron chi connectivity index (χ0n) is 9.88. The number of halogens is 2. The van der Waals surface area contributed by atoms with Crippen molar-refractivity contribution in [2.45, 2.75) is 25.2 Å². The lowest BCUT2D eigenvalue weighted by Crippen LogP contribution is -2.26. The van der Waals surface area contributed by atoms with Gasteiger partial charge in [-0.25, -0.2) is 8.78 Å². The van der Waals surface area contributed by atoms with Crippen molar-refractivity contribution in [2.75, 3.05) is 20.2 Å². The van der Waals surface area contributed by atoms with Crippen LogP contribution in [0.2, 0.25) is 0 Å². The molecule has 4 heteroatoms. The lowest BCUT2D eigenvalue weighted by Gasteiger charge is -2.25. The van der Waals surface area contributed by atoms with Crippen LogP contribution in [0.1, 0.15) is 36.3 Å². The van der Waals surface area contributed by atoms with Crippen LogP contribution in [-0.4, -0.2) is 20.2 Å². The summed E-state index contributed by atoms with van der Waals surface area (Å²) in [6, 6.07) is 5.04. The van der Waals surface area contributed by atoms with E-state index in [4.69, 9.17) is 4.74 Å². The van der Waals surface area contributed by atoms with Gasteiger partial charge in [-0.3, -0.25) is 0 Å². The Morgan fingerprint density at radius 3 is 2.59 bits per heavy atom. The standard InChI is InChI=1S/C13H17F2NO/c1-17-12-10(9-5-7-16-8-6-9)3-2-4-11(12)13(14)15/h2-4,9,13,16H,5-8H2,1H3. The van der Waals surface area contributed by atoms with E-state index in [2.05, 4.69) is 5.32 Å². The molecule has 94 valence electrons. The molecular weight excluding hydrogens is 224 g/mol. The van der Waals surface area contributed by atoms with Crippen molar-refractivity contribution < 1.29 is 13.5 Å². The highest BCUT2D eigenvalue weighted by atomic mass is 19.3. The van der Waals surface area contributed by atoms with E-state index in [0.29, 0.717) is 11.7 Å². The van der Waals surface area contributed by atoms with Gasteiger partial charge in [-0.1, -0.05) is 12.1 Å². The summed E-state index contributed by atoms with van der Waals surface area (Å²) in [6.07, 6.45) is -0.529. The van der Waals surface area contributed by atoms with Crippen molar-refractivity contribution in [3.8, 4) is 5.75 Å². The maximum atomic E-state index is 12.9. The average Bonchev–Trinajstić information content (AvgIpc) is 2.38. The molecule has 1 aliphatic rings. The Bertz CT molecular complexity index is 376. The third kappa shape index (κ3) is 2.57.